The van der Waals surface area contributed by atoms with Gasteiger partial charge in [-0.3, -0.25) is 0 Å². The molecule has 1 aliphatic carbocycles. The highest BCUT2D eigenvalue weighted by Crippen LogP contribution is 2.44. The highest BCUT2D eigenvalue weighted by atomic mass is 16.5. The number of carbonyl (C=O) groups is 2. The number of carbonyl (C=O) groups excluding carboxylic acids is 2. The van der Waals surface area contributed by atoms with Gasteiger partial charge in [0.2, 0.25) is 0 Å². The van der Waals surface area contributed by atoms with Gasteiger partial charge in [0.25, 0.3) is 0 Å². The third kappa shape index (κ3) is 3.31. The Balaban J connectivity index is 1.72. The Labute approximate surface area is 144 Å². The molecule has 0 fully saturated rings. The molecule has 6 nitrogen and oxygen atoms in total. The Bertz CT molecular complexity index is 811. The summed E-state index contributed by atoms with van der Waals surface area (Å²) in [5, 5.41) is 21.6. The monoisotopic (exact) mass is 335 g/mol. The van der Waals surface area contributed by atoms with E-state index < -0.39 is 18.1 Å². The Morgan fingerprint density at radius 1 is 1.12 bits per heavy atom. The second kappa shape index (κ2) is 7.05. The zero-order valence-electron chi connectivity index (χ0n) is 13.3. The second-order valence-electron chi connectivity index (χ2n) is 5.70. The largest absolute Gasteiger partial charge is 0.548 e. The van der Waals surface area contributed by atoms with Crippen molar-refractivity contribution >= 4 is 12.1 Å². The van der Waals surface area contributed by atoms with Gasteiger partial charge in [0.1, 0.15) is 6.61 Å². The SMILES string of the molecule is N#CCC(NC(=O)OCC1c2ccccc2-c2ccccc21)C(=O)[O-]. The number of fused-ring (bicyclic) bond motifs is 3. The lowest BCUT2D eigenvalue weighted by molar-refractivity contribution is -0.308. The van der Waals surface area contributed by atoms with Crippen LogP contribution < -0.4 is 10.4 Å². The first-order valence-corrected chi connectivity index (χ1v) is 7.81. The molecule has 0 saturated heterocycles. The van der Waals surface area contributed by atoms with Gasteiger partial charge < -0.3 is 20.0 Å². The molecule has 0 aliphatic heterocycles. The fourth-order valence-electron chi connectivity index (χ4n) is 3.07. The van der Waals surface area contributed by atoms with E-state index in [9.17, 15) is 14.7 Å². The molecule has 25 heavy (non-hydrogen) atoms. The number of amides is 1. The van der Waals surface area contributed by atoms with E-state index in [-0.39, 0.29) is 18.9 Å². The Morgan fingerprint density at radius 2 is 1.68 bits per heavy atom. The van der Waals surface area contributed by atoms with Crippen molar-refractivity contribution in [2.75, 3.05) is 6.61 Å². The summed E-state index contributed by atoms with van der Waals surface area (Å²) in [4.78, 5) is 22.8. The van der Waals surface area contributed by atoms with Gasteiger partial charge in [-0.15, -0.1) is 0 Å². The molecule has 1 unspecified atom stereocenters. The van der Waals surface area contributed by atoms with Crippen LogP contribution in [0.25, 0.3) is 11.1 Å². The number of alkyl carbamates (subject to hydrolysis) is 1. The topological polar surface area (TPSA) is 102 Å². The van der Waals surface area contributed by atoms with Crippen LogP contribution in [0, 0.1) is 11.3 Å². The first kappa shape index (κ1) is 16.5. The van der Waals surface area contributed by atoms with E-state index >= 15 is 0 Å². The first-order chi connectivity index (χ1) is 12.1. The Kier molecular flexibility index (Phi) is 4.66. The fourth-order valence-corrected chi connectivity index (χ4v) is 3.07. The van der Waals surface area contributed by atoms with Crippen molar-refractivity contribution in [2.45, 2.75) is 18.4 Å². The molecule has 2 aromatic rings. The van der Waals surface area contributed by atoms with Crippen LogP contribution in [0.2, 0.25) is 0 Å². The Hall–Kier alpha value is -3.33. The molecular weight excluding hydrogens is 320 g/mol. The average Bonchev–Trinajstić information content (AvgIpc) is 2.93. The second-order valence-corrected chi connectivity index (χ2v) is 5.70. The van der Waals surface area contributed by atoms with E-state index in [1.54, 1.807) is 6.07 Å². The molecule has 2 aromatic carbocycles. The zero-order chi connectivity index (χ0) is 17.8. The molecule has 126 valence electrons. The number of hydrogen-bond acceptors (Lipinski definition) is 5. The van der Waals surface area contributed by atoms with Crippen molar-refractivity contribution in [3.8, 4) is 17.2 Å². The third-order valence-electron chi connectivity index (χ3n) is 4.22. The number of benzene rings is 2. The number of carboxylic acid groups (broad SMARTS) is 1. The summed E-state index contributed by atoms with van der Waals surface area (Å²) in [6, 6.07) is 16.1. The van der Waals surface area contributed by atoms with Crippen LogP contribution in [0.1, 0.15) is 23.5 Å². The van der Waals surface area contributed by atoms with E-state index in [4.69, 9.17) is 10.00 Å². The summed E-state index contributed by atoms with van der Waals surface area (Å²) >= 11 is 0. The molecule has 0 heterocycles. The van der Waals surface area contributed by atoms with Gasteiger partial charge in [0, 0.05) is 5.92 Å². The summed E-state index contributed by atoms with van der Waals surface area (Å²) in [6.07, 6.45) is -1.27. The Morgan fingerprint density at radius 3 is 2.20 bits per heavy atom. The summed E-state index contributed by atoms with van der Waals surface area (Å²) < 4.78 is 5.22. The molecule has 0 saturated carbocycles. The van der Waals surface area contributed by atoms with Gasteiger partial charge >= 0.3 is 6.09 Å². The van der Waals surface area contributed by atoms with E-state index in [0.29, 0.717) is 0 Å². The summed E-state index contributed by atoms with van der Waals surface area (Å²) in [5.74, 6) is -1.63. The van der Waals surface area contributed by atoms with Crippen molar-refractivity contribution in [1.29, 1.82) is 5.26 Å². The normalized spacial score (nSPS) is 13.2. The van der Waals surface area contributed by atoms with Crippen LogP contribution in [0.15, 0.2) is 48.5 Å². The van der Waals surface area contributed by atoms with E-state index in [0.717, 1.165) is 22.3 Å². The molecule has 0 radical (unpaired) electrons. The van der Waals surface area contributed by atoms with E-state index in [1.165, 1.54) is 0 Å². The number of aliphatic carboxylic acids is 1. The predicted molar refractivity (Wildman–Crippen MR) is 87.2 cm³/mol. The van der Waals surface area contributed by atoms with E-state index in [2.05, 4.69) is 5.32 Å². The number of hydrogen-bond donors (Lipinski definition) is 1. The molecule has 6 heteroatoms. The molecule has 1 atom stereocenters. The predicted octanol–water partition coefficient (Wildman–Crippen LogP) is 1.56. The number of carboxylic acids is 1. The number of nitriles is 1. The molecular formula is C19H15N2O4-. The molecule has 1 N–H and O–H groups in total. The molecule has 0 aromatic heterocycles. The van der Waals surface area contributed by atoms with Crippen molar-refractivity contribution in [2.24, 2.45) is 0 Å². The van der Waals surface area contributed by atoms with Gasteiger partial charge in [0.15, 0.2) is 0 Å². The lowest BCUT2D eigenvalue weighted by Gasteiger charge is -2.18. The highest BCUT2D eigenvalue weighted by molar-refractivity contribution is 5.80. The summed E-state index contributed by atoms with van der Waals surface area (Å²) in [5.41, 5.74) is 4.32. The zero-order valence-corrected chi connectivity index (χ0v) is 13.3. The van der Waals surface area contributed by atoms with Gasteiger partial charge in [0.05, 0.1) is 24.5 Å². The maximum Gasteiger partial charge on any atom is 0.407 e. The fraction of sp³-hybridized carbons (Fsp3) is 0.211. The highest BCUT2D eigenvalue weighted by Gasteiger charge is 2.29. The molecule has 1 aliphatic rings. The number of ether oxygens (including phenoxy) is 1. The molecule has 1 amide bonds. The van der Waals surface area contributed by atoms with Gasteiger partial charge in [-0.25, -0.2) is 4.79 Å². The summed E-state index contributed by atoms with van der Waals surface area (Å²) in [6.45, 7) is 0.0756. The van der Waals surface area contributed by atoms with Gasteiger partial charge in [-0.2, -0.15) is 5.26 Å². The van der Waals surface area contributed by atoms with Gasteiger partial charge in [-0.1, -0.05) is 48.5 Å². The van der Waals surface area contributed by atoms with Crippen molar-refractivity contribution in [3.05, 3.63) is 59.7 Å². The smallest absolute Gasteiger partial charge is 0.407 e. The molecule has 0 bridgehead atoms. The van der Waals surface area contributed by atoms with Crippen molar-refractivity contribution in [3.63, 3.8) is 0 Å². The summed E-state index contributed by atoms with van der Waals surface area (Å²) in [7, 11) is 0. The van der Waals surface area contributed by atoms with Crippen LogP contribution >= 0.6 is 0 Å². The van der Waals surface area contributed by atoms with Gasteiger partial charge in [-0.05, 0) is 22.3 Å². The number of nitrogens with zero attached hydrogens (tertiary/aromatic N) is 1. The minimum atomic E-state index is -1.52. The average molecular weight is 335 g/mol. The lowest BCUT2D eigenvalue weighted by atomic mass is 9.98. The number of nitrogens with one attached hydrogen (secondary N) is 1. The maximum absolute atomic E-state index is 11.9. The molecule has 3 rings (SSSR count). The van der Waals surface area contributed by atoms with Crippen molar-refractivity contribution < 1.29 is 19.4 Å². The van der Waals surface area contributed by atoms with Crippen LogP contribution in [-0.4, -0.2) is 24.7 Å². The maximum atomic E-state index is 11.9. The standard InChI is InChI=1S/C19H16N2O4/c20-10-9-17(18(22)23)21-19(24)25-11-16-14-7-3-1-5-12(14)13-6-2-4-8-15(13)16/h1-8,16-17H,9,11H2,(H,21,24)(H,22,23)/p-1. The first-order valence-electron chi connectivity index (χ1n) is 7.81. The molecule has 0 spiro atoms. The lowest BCUT2D eigenvalue weighted by Crippen LogP contribution is -2.48. The van der Waals surface area contributed by atoms with E-state index in [1.807, 2.05) is 48.5 Å². The minimum Gasteiger partial charge on any atom is -0.548 e. The minimum absolute atomic E-state index is 0.0756. The van der Waals surface area contributed by atoms with Crippen LogP contribution in [-0.2, 0) is 9.53 Å². The van der Waals surface area contributed by atoms with Crippen LogP contribution in [0.4, 0.5) is 4.79 Å². The van der Waals surface area contributed by atoms with Crippen LogP contribution in [0.3, 0.4) is 0 Å². The third-order valence-corrected chi connectivity index (χ3v) is 4.22. The van der Waals surface area contributed by atoms with Crippen LogP contribution in [0.5, 0.6) is 0 Å². The van der Waals surface area contributed by atoms with Crippen molar-refractivity contribution in [1.82, 2.24) is 5.32 Å². The number of rotatable bonds is 5. The quantitative estimate of drug-likeness (QED) is 0.893.